The molecule has 6 nitrogen and oxygen atoms in total. The third kappa shape index (κ3) is 2.74. The summed E-state index contributed by atoms with van der Waals surface area (Å²) in [6, 6.07) is 0. The highest BCUT2D eigenvalue weighted by atomic mass is 19.4. The number of alkyl halides is 3. The number of rotatable bonds is 3. The van der Waals surface area contributed by atoms with E-state index in [1.807, 2.05) is 13.8 Å². The summed E-state index contributed by atoms with van der Waals surface area (Å²) in [4.78, 5) is 13.9. The summed E-state index contributed by atoms with van der Waals surface area (Å²) >= 11 is 0. The lowest BCUT2D eigenvalue weighted by atomic mass is 9.92. The van der Waals surface area contributed by atoms with Crippen LogP contribution in [0.2, 0.25) is 0 Å². The zero-order valence-electron chi connectivity index (χ0n) is 11.9. The molecule has 0 aliphatic carbocycles. The first-order chi connectivity index (χ1) is 9.73. The monoisotopic (exact) mass is 305 g/mol. The summed E-state index contributed by atoms with van der Waals surface area (Å²) in [6.45, 7) is 3.82. The molecule has 21 heavy (non-hydrogen) atoms. The molecule has 0 bridgehead atoms. The van der Waals surface area contributed by atoms with Crippen LogP contribution in [0.1, 0.15) is 38.3 Å². The lowest BCUT2D eigenvalue weighted by molar-refractivity contribution is -0.148. The first-order valence-corrected chi connectivity index (χ1v) is 6.80. The maximum Gasteiger partial charge on any atom is 0.451 e. The van der Waals surface area contributed by atoms with E-state index >= 15 is 0 Å². The van der Waals surface area contributed by atoms with Crippen molar-refractivity contribution in [3.63, 3.8) is 0 Å². The average molecular weight is 305 g/mol. The molecule has 1 aliphatic heterocycles. The standard InChI is InChI=1S/C12H18F3N5O/c1-3-11(16,4-2)10(21)19-5-6-20-8(7-19)17-18-9(20)12(13,14)15/h3-7,16H2,1-2H3. The fraction of sp³-hybridized carbons (Fsp3) is 0.750. The van der Waals surface area contributed by atoms with Gasteiger partial charge in [0.2, 0.25) is 11.7 Å². The molecule has 0 saturated carbocycles. The Kier molecular flexibility index (Phi) is 3.96. The molecule has 1 aromatic rings. The third-order valence-electron chi connectivity index (χ3n) is 3.98. The van der Waals surface area contributed by atoms with Crippen LogP contribution >= 0.6 is 0 Å². The molecule has 2 heterocycles. The highest BCUT2D eigenvalue weighted by Crippen LogP contribution is 2.30. The second-order valence-electron chi connectivity index (χ2n) is 5.18. The van der Waals surface area contributed by atoms with Gasteiger partial charge in [0, 0.05) is 13.1 Å². The van der Waals surface area contributed by atoms with Crippen molar-refractivity contribution < 1.29 is 18.0 Å². The van der Waals surface area contributed by atoms with E-state index < -0.39 is 17.5 Å². The van der Waals surface area contributed by atoms with Crippen molar-refractivity contribution in [2.24, 2.45) is 5.73 Å². The molecule has 0 unspecified atom stereocenters. The van der Waals surface area contributed by atoms with Crippen molar-refractivity contribution in [2.45, 2.75) is 51.5 Å². The minimum atomic E-state index is -4.54. The molecular formula is C12H18F3N5O. The lowest BCUT2D eigenvalue weighted by Gasteiger charge is -2.35. The largest absolute Gasteiger partial charge is 0.451 e. The highest BCUT2D eigenvalue weighted by molar-refractivity contribution is 5.86. The first kappa shape index (κ1) is 15.7. The Morgan fingerprint density at radius 3 is 2.38 bits per heavy atom. The smallest absolute Gasteiger partial charge is 0.332 e. The Hall–Kier alpha value is -1.64. The number of halogens is 3. The number of hydrogen-bond acceptors (Lipinski definition) is 4. The van der Waals surface area contributed by atoms with Crippen LogP contribution < -0.4 is 5.73 Å². The van der Waals surface area contributed by atoms with Gasteiger partial charge in [0.1, 0.15) is 0 Å². The molecule has 1 aromatic heterocycles. The van der Waals surface area contributed by atoms with Gasteiger partial charge >= 0.3 is 6.18 Å². The molecule has 9 heteroatoms. The predicted molar refractivity (Wildman–Crippen MR) is 67.9 cm³/mol. The van der Waals surface area contributed by atoms with E-state index in [1.54, 1.807) is 0 Å². The van der Waals surface area contributed by atoms with E-state index in [-0.39, 0.29) is 31.4 Å². The molecule has 118 valence electrons. The van der Waals surface area contributed by atoms with Crippen LogP contribution in [-0.4, -0.2) is 37.7 Å². The summed E-state index contributed by atoms with van der Waals surface area (Å²) in [5.74, 6) is -1.14. The van der Waals surface area contributed by atoms with E-state index in [0.29, 0.717) is 12.8 Å². The zero-order valence-corrected chi connectivity index (χ0v) is 11.9. The molecular weight excluding hydrogens is 287 g/mol. The normalized spacial score (nSPS) is 16.0. The maximum absolute atomic E-state index is 12.7. The zero-order chi connectivity index (χ0) is 15.8. The van der Waals surface area contributed by atoms with Crippen LogP contribution in [-0.2, 0) is 24.1 Å². The number of aromatic nitrogens is 3. The topological polar surface area (TPSA) is 77.0 Å². The first-order valence-electron chi connectivity index (χ1n) is 6.80. The molecule has 0 saturated heterocycles. The van der Waals surface area contributed by atoms with Crippen LogP contribution in [0.3, 0.4) is 0 Å². The Morgan fingerprint density at radius 1 is 1.24 bits per heavy atom. The number of amides is 1. The number of nitrogens with zero attached hydrogens (tertiary/aromatic N) is 4. The van der Waals surface area contributed by atoms with Gasteiger partial charge in [-0.25, -0.2) is 0 Å². The van der Waals surface area contributed by atoms with Crippen molar-refractivity contribution in [3.05, 3.63) is 11.6 Å². The Bertz CT molecular complexity index is 535. The van der Waals surface area contributed by atoms with Gasteiger partial charge in [-0.15, -0.1) is 10.2 Å². The van der Waals surface area contributed by atoms with Gasteiger partial charge < -0.3 is 15.2 Å². The summed E-state index contributed by atoms with van der Waals surface area (Å²) < 4.78 is 39.2. The number of fused-ring (bicyclic) bond motifs is 1. The van der Waals surface area contributed by atoms with Gasteiger partial charge in [0.25, 0.3) is 0 Å². The second-order valence-corrected chi connectivity index (χ2v) is 5.18. The molecule has 0 spiro atoms. The Labute approximate surface area is 120 Å². The van der Waals surface area contributed by atoms with Gasteiger partial charge in [0.15, 0.2) is 5.82 Å². The van der Waals surface area contributed by atoms with Crippen molar-refractivity contribution in [3.8, 4) is 0 Å². The molecule has 0 aromatic carbocycles. The fourth-order valence-corrected chi connectivity index (χ4v) is 2.41. The van der Waals surface area contributed by atoms with E-state index in [2.05, 4.69) is 10.2 Å². The van der Waals surface area contributed by atoms with Gasteiger partial charge in [-0.1, -0.05) is 13.8 Å². The Morgan fingerprint density at radius 2 is 1.86 bits per heavy atom. The Balaban J connectivity index is 2.21. The van der Waals surface area contributed by atoms with Crippen LogP contribution in [0.25, 0.3) is 0 Å². The number of hydrogen-bond donors (Lipinski definition) is 1. The van der Waals surface area contributed by atoms with Gasteiger partial charge in [-0.2, -0.15) is 13.2 Å². The predicted octanol–water partition coefficient (Wildman–Crippen LogP) is 1.16. The fourth-order valence-electron chi connectivity index (χ4n) is 2.41. The molecule has 1 aliphatic rings. The lowest BCUT2D eigenvalue weighted by Crippen LogP contribution is -2.56. The van der Waals surface area contributed by atoms with E-state index in [9.17, 15) is 18.0 Å². The quantitative estimate of drug-likeness (QED) is 0.909. The van der Waals surface area contributed by atoms with E-state index in [0.717, 1.165) is 4.57 Å². The number of carbonyl (C=O) groups is 1. The average Bonchev–Trinajstić information content (AvgIpc) is 2.88. The molecule has 0 atom stereocenters. The van der Waals surface area contributed by atoms with Crippen LogP contribution in [0.15, 0.2) is 0 Å². The van der Waals surface area contributed by atoms with Crippen LogP contribution in [0, 0.1) is 0 Å². The third-order valence-corrected chi connectivity index (χ3v) is 3.98. The molecule has 2 rings (SSSR count). The number of nitrogens with two attached hydrogens (primary N) is 1. The minimum Gasteiger partial charge on any atom is -0.332 e. The molecule has 0 radical (unpaired) electrons. The van der Waals surface area contributed by atoms with Gasteiger partial charge in [0.05, 0.1) is 12.1 Å². The van der Waals surface area contributed by atoms with Crippen molar-refractivity contribution in [1.29, 1.82) is 0 Å². The van der Waals surface area contributed by atoms with Crippen LogP contribution in [0.4, 0.5) is 13.2 Å². The van der Waals surface area contributed by atoms with E-state index in [1.165, 1.54) is 4.90 Å². The second kappa shape index (κ2) is 5.28. The summed E-state index contributed by atoms with van der Waals surface area (Å²) in [5.41, 5.74) is 5.07. The van der Waals surface area contributed by atoms with E-state index in [4.69, 9.17) is 5.73 Å². The van der Waals surface area contributed by atoms with Crippen LogP contribution in [0.5, 0.6) is 0 Å². The van der Waals surface area contributed by atoms with Gasteiger partial charge in [-0.05, 0) is 12.8 Å². The summed E-state index contributed by atoms with van der Waals surface area (Å²) in [5, 5.41) is 6.73. The minimum absolute atomic E-state index is 0.000856. The number of carbonyl (C=O) groups excluding carboxylic acids is 1. The van der Waals surface area contributed by atoms with Crippen molar-refractivity contribution >= 4 is 5.91 Å². The SMILES string of the molecule is CCC(N)(CC)C(=O)N1CCn2c(nnc2C(F)(F)F)C1. The van der Waals surface area contributed by atoms with Crippen molar-refractivity contribution in [1.82, 2.24) is 19.7 Å². The maximum atomic E-state index is 12.7. The highest BCUT2D eigenvalue weighted by Gasteiger charge is 2.41. The molecule has 1 amide bonds. The summed E-state index contributed by atoms with van der Waals surface area (Å²) in [6.07, 6.45) is -3.60. The van der Waals surface area contributed by atoms with Gasteiger partial charge in [-0.3, -0.25) is 4.79 Å². The molecule has 0 fully saturated rings. The summed E-state index contributed by atoms with van der Waals surface area (Å²) in [7, 11) is 0. The van der Waals surface area contributed by atoms with Crippen molar-refractivity contribution in [2.75, 3.05) is 6.54 Å². The molecule has 2 N–H and O–H groups in total.